The van der Waals surface area contributed by atoms with Gasteiger partial charge >= 0.3 is 0 Å². The number of phenolic OH excluding ortho intramolecular Hbond substituents is 1. The lowest BCUT2D eigenvalue weighted by molar-refractivity contribution is 0.186. The maximum absolute atomic E-state index is 9.37. The smallest absolute Gasteiger partial charge is 0.119 e. The van der Waals surface area contributed by atoms with Crippen molar-refractivity contribution in [3.63, 3.8) is 0 Å². The van der Waals surface area contributed by atoms with Crippen LogP contribution in [-0.4, -0.2) is 42.9 Å². The van der Waals surface area contributed by atoms with Crippen LogP contribution in [0.25, 0.3) is 0 Å². The lowest BCUT2D eigenvalue weighted by Crippen LogP contribution is -2.26. The Labute approximate surface area is 155 Å². The van der Waals surface area contributed by atoms with Gasteiger partial charge in [0.15, 0.2) is 0 Å². The number of likely N-dealkylation sites (tertiary alicyclic amines) is 1. The Morgan fingerprint density at radius 2 is 1.54 bits per heavy atom. The second-order valence-corrected chi connectivity index (χ2v) is 7.58. The highest BCUT2D eigenvalue weighted by molar-refractivity contribution is 5.31. The number of aromatic hydroxyl groups is 1. The molecule has 3 atom stereocenters. The molecule has 2 aliphatic rings. The average molecular weight is 353 g/mol. The molecule has 1 saturated carbocycles. The Balaban J connectivity index is 1.24. The van der Waals surface area contributed by atoms with Crippen LogP contribution in [0.15, 0.2) is 48.5 Å². The van der Waals surface area contributed by atoms with Gasteiger partial charge in [0.05, 0.1) is 13.2 Å². The molecule has 2 aromatic carbocycles. The van der Waals surface area contributed by atoms with Crippen LogP contribution in [-0.2, 0) is 6.42 Å². The highest BCUT2D eigenvalue weighted by Crippen LogP contribution is 2.39. The molecule has 0 spiro atoms. The number of rotatable bonds is 6. The summed E-state index contributed by atoms with van der Waals surface area (Å²) in [6.45, 7) is 3.47. The summed E-state index contributed by atoms with van der Waals surface area (Å²) in [5.41, 5.74) is 1.29. The Bertz CT molecular complexity index is 699. The van der Waals surface area contributed by atoms with E-state index in [9.17, 15) is 5.11 Å². The first kappa shape index (κ1) is 17.2. The van der Waals surface area contributed by atoms with Gasteiger partial charge in [-0.1, -0.05) is 12.1 Å². The van der Waals surface area contributed by atoms with Gasteiger partial charge < -0.3 is 19.5 Å². The van der Waals surface area contributed by atoms with Crippen LogP contribution in [0.3, 0.4) is 0 Å². The van der Waals surface area contributed by atoms with Crippen molar-refractivity contribution in [2.24, 2.45) is 11.8 Å². The molecule has 2 aromatic rings. The van der Waals surface area contributed by atoms with E-state index in [1.165, 1.54) is 18.7 Å². The van der Waals surface area contributed by atoms with E-state index in [0.717, 1.165) is 49.1 Å². The largest absolute Gasteiger partial charge is 0.508 e. The third-order valence-electron chi connectivity index (χ3n) is 5.80. The van der Waals surface area contributed by atoms with Crippen molar-refractivity contribution in [3.05, 3.63) is 54.1 Å². The van der Waals surface area contributed by atoms with E-state index in [2.05, 4.69) is 4.90 Å². The van der Waals surface area contributed by atoms with Crippen LogP contribution in [0.4, 0.5) is 0 Å². The van der Waals surface area contributed by atoms with Gasteiger partial charge in [0, 0.05) is 19.6 Å². The Kier molecular flexibility index (Phi) is 5.02. The van der Waals surface area contributed by atoms with E-state index in [1.54, 1.807) is 19.2 Å². The fourth-order valence-corrected chi connectivity index (χ4v) is 4.42. The van der Waals surface area contributed by atoms with E-state index in [-0.39, 0.29) is 0 Å². The Morgan fingerprint density at radius 3 is 2.15 bits per heavy atom. The van der Waals surface area contributed by atoms with Crippen LogP contribution in [0.2, 0.25) is 0 Å². The van der Waals surface area contributed by atoms with Gasteiger partial charge in [0.25, 0.3) is 0 Å². The fraction of sp³-hybridized carbons (Fsp3) is 0.455. The number of benzene rings is 2. The minimum absolute atomic E-state index is 0.340. The first-order valence-corrected chi connectivity index (χ1v) is 9.50. The maximum Gasteiger partial charge on any atom is 0.119 e. The monoisotopic (exact) mass is 353 g/mol. The van der Waals surface area contributed by atoms with Crippen molar-refractivity contribution in [2.75, 3.05) is 26.7 Å². The molecule has 0 amide bonds. The summed E-state index contributed by atoms with van der Waals surface area (Å²) >= 11 is 0. The zero-order chi connectivity index (χ0) is 17.9. The molecule has 1 saturated heterocycles. The zero-order valence-electron chi connectivity index (χ0n) is 15.3. The van der Waals surface area contributed by atoms with Crippen LogP contribution >= 0.6 is 0 Å². The van der Waals surface area contributed by atoms with Crippen molar-refractivity contribution in [3.8, 4) is 17.2 Å². The molecular weight excluding hydrogens is 326 g/mol. The van der Waals surface area contributed by atoms with Crippen molar-refractivity contribution in [1.82, 2.24) is 4.90 Å². The molecule has 2 fully saturated rings. The molecule has 4 heteroatoms. The average Bonchev–Trinajstić information content (AvgIpc) is 3.20. The maximum atomic E-state index is 9.37. The topological polar surface area (TPSA) is 41.9 Å². The summed E-state index contributed by atoms with van der Waals surface area (Å²) in [5.74, 6) is 3.67. The predicted molar refractivity (Wildman–Crippen MR) is 102 cm³/mol. The van der Waals surface area contributed by atoms with E-state index >= 15 is 0 Å². The first-order chi connectivity index (χ1) is 12.7. The number of fused-ring (bicyclic) bond motifs is 1. The summed E-state index contributed by atoms with van der Waals surface area (Å²) in [6, 6.07) is 15.5. The van der Waals surface area contributed by atoms with Gasteiger partial charge in [0.2, 0.25) is 0 Å². The SMILES string of the molecule is COc1ccc(O[C@@H]2C[C@@H]3CN(CCc4ccc(O)cc4)C[C@@H]3C2)cc1. The van der Waals surface area contributed by atoms with Gasteiger partial charge in [-0.3, -0.25) is 0 Å². The number of phenols is 1. The molecule has 1 heterocycles. The Hall–Kier alpha value is -2.20. The highest BCUT2D eigenvalue weighted by atomic mass is 16.5. The summed E-state index contributed by atoms with van der Waals surface area (Å²) in [7, 11) is 1.68. The molecule has 26 heavy (non-hydrogen) atoms. The summed E-state index contributed by atoms with van der Waals surface area (Å²) in [4.78, 5) is 2.59. The molecule has 1 N–H and O–H groups in total. The number of methoxy groups -OCH3 is 1. The molecule has 4 rings (SSSR count). The van der Waals surface area contributed by atoms with Crippen LogP contribution in [0, 0.1) is 11.8 Å². The zero-order valence-corrected chi connectivity index (χ0v) is 15.3. The summed E-state index contributed by atoms with van der Waals surface area (Å²) < 4.78 is 11.4. The van der Waals surface area contributed by atoms with Gasteiger partial charge in [-0.15, -0.1) is 0 Å². The van der Waals surface area contributed by atoms with Crippen LogP contribution in [0.1, 0.15) is 18.4 Å². The molecule has 138 valence electrons. The predicted octanol–water partition coefficient (Wildman–Crippen LogP) is 3.73. The molecule has 1 aliphatic carbocycles. The quantitative estimate of drug-likeness (QED) is 0.859. The van der Waals surface area contributed by atoms with Crippen LogP contribution < -0.4 is 9.47 Å². The second-order valence-electron chi connectivity index (χ2n) is 7.58. The van der Waals surface area contributed by atoms with Crippen molar-refractivity contribution in [1.29, 1.82) is 0 Å². The van der Waals surface area contributed by atoms with Gasteiger partial charge in [-0.05, 0) is 73.1 Å². The highest BCUT2D eigenvalue weighted by Gasteiger charge is 2.41. The molecule has 0 unspecified atom stereocenters. The molecular formula is C22H27NO3. The van der Waals surface area contributed by atoms with E-state index in [1.807, 2.05) is 36.4 Å². The number of ether oxygens (including phenoxy) is 2. The summed E-state index contributed by atoms with van der Waals surface area (Å²) in [6.07, 6.45) is 3.71. The fourth-order valence-electron chi connectivity index (χ4n) is 4.42. The standard InChI is InChI=1S/C22H27NO3/c1-25-20-6-8-21(9-7-20)26-22-12-17-14-23(15-18(17)13-22)11-10-16-2-4-19(24)5-3-16/h2-9,17-18,22,24H,10-15H2,1H3/t17-,18+,22-. The normalized spacial score (nSPS) is 25.2. The summed E-state index contributed by atoms with van der Waals surface area (Å²) in [5, 5.41) is 9.37. The van der Waals surface area contributed by atoms with Crippen molar-refractivity contribution >= 4 is 0 Å². The molecule has 4 nitrogen and oxygen atoms in total. The number of nitrogens with zero attached hydrogens (tertiary/aromatic N) is 1. The van der Waals surface area contributed by atoms with Crippen LogP contribution in [0.5, 0.6) is 17.2 Å². The third kappa shape index (κ3) is 3.96. The third-order valence-corrected chi connectivity index (χ3v) is 5.80. The second kappa shape index (κ2) is 7.58. The molecule has 0 radical (unpaired) electrons. The molecule has 1 aliphatic heterocycles. The van der Waals surface area contributed by atoms with Gasteiger partial charge in [-0.2, -0.15) is 0 Å². The van der Waals surface area contributed by atoms with E-state index < -0.39 is 0 Å². The van der Waals surface area contributed by atoms with Gasteiger partial charge in [0.1, 0.15) is 17.2 Å². The van der Waals surface area contributed by atoms with E-state index in [0.29, 0.717) is 11.9 Å². The molecule has 0 aromatic heterocycles. The Morgan fingerprint density at radius 1 is 0.923 bits per heavy atom. The lowest BCUT2D eigenvalue weighted by Gasteiger charge is -2.20. The van der Waals surface area contributed by atoms with Gasteiger partial charge in [-0.25, -0.2) is 0 Å². The van der Waals surface area contributed by atoms with Crippen molar-refractivity contribution in [2.45, 2.75) is 25.4 Å². The molecule has 0 bridgehead atoms. The minimum Gasteiger partial charge on any atom is -0.508 e. The first-order valence-electron chi connectivity index (χ1n) is 9.50. The number of hydrogen-bond acceptors (Lipinski definition) is 4. The van der Waals surface area contributed by atoms with Crippen molar-refractivity contribution < 1.29 is 14.6 Å². The van der Waals surface area contributed by atoms with E-state index in [4.69, 9.17) is 9.47 Å². The minimum atomic E-state index is 0.340. The lowest BCUT2D eigenvalue weighted by atomic mass is 10.0. The number of hydrogen-bond donors (Lipinski definition) is 1.